The Morgan fingerprint density at radius 1 is 1.06 bits per heavy atom. The molecule has 1 aliphatic heterocycles. The molecule has 0 aromatic carbocycles. The van der Waals surface area contributed by atoms with Crippen molar-refractivity contribution in [1.29, 1.82) is 0 Å². The van der Waals surface area contributed by atoms with Gasteiger partial charge in [-0.1, -0.05) is 13.8 Å². The van der Waals surface area contributed by atoms with Gasteiger partial charge in [-0.05, 0) is 31.1 Å². The molecule has 0 radical (unpaired) electrons. The topological polar surface area (TPSA) is 52.6 Å². The van der Waals surface area contributed by atoms with E-state index in [1.165, 1.54) is 0 Å². The fraction of sp³-hybridized carbons (Fsp3) is 0.833. The number of cyclic esters (lactones) is 2. The average molecular weight is 226 g/mol. The third-order valence-electron chi connectivity index (χ3n) is 3.55. The van der Waals surface area contributed by atoms with Gasteiger partial charge in [0.05, 0.1) is 0 Å². The first-order chi connectivity index (χ1) is 7.46. The minimum atomic E-state index is -0.634. The lowest BCUT2D eigenvalue weighted by Crippen LogP contribution is -2.40. The standard InChI is InChI=1S/C12H18O4/c1-12(2)5-3-8(4-6-12)11-15-9(13)7-10(14)16-11/h8,11H,3-7H2,1-2H3. The van der Waals surface area contributed by atoms with Crippen LogP contribution in [0.15, 0.2) is 0 Å². The van der Waals surface area contributed by atoms with Gasteiger partial charge in [-0.3, -0.25) is 9.59 Å². The van der Waals surface area contributed by atoms with Crippen molar-refractivity contribution in [1.82, 2.24) is 0 Å². The van der Waals surface area contributed by atoms with E-state index in [4.69, 9.17) is 9.47 Å². The fourth-order valence-corrected chi connectivity index (χ4v) is 2.37. The zero-order valence-electron chi connectivity index (χ0n) is 9.82. The number of esters is 2. The summed E-state index contributed by atoms with van der Waals surface area (Å²) in [4.78, 5) is 22.3. The molecule has 4 nitrogen and oxygen atoms in total. The van der Waals surface area contributed by atoms with E-state index in [9.17, 15) is 9.59 Å². The van der Waals surface area contributed by atoms with Crippen LogP contribution < -0.4 is 0 Å². The van der Waals surface area contributed by atoms with Gasteiger partial charge in [-0.15, -0.1) is 0 Å². The predicted molar refractivity (Wildman–Crippen MR) is 56.3 cm³/mol. The molecule has 0 aromatic rings. The van der Waals surface area contributed by atoms with E-state index in [1.807, 2.05) is 0 Å². The van der Waals surface area contributed by atoms with Gasteiger partial charge in [-0.2, -0.15) is 0 Å². The highest BCUT2D eigenvalue weighted by molar-refractivity contribution is 5.92. The Hall–Kier alpha value is -1.06. The van der Waals surface area contributed by atoms with Gasteiger partial charge < -0.3 is 9.47 Å². The van der Waals surface area contributed by atoms with E-state index in [-0.39, 0.29) is 12.3 Å². The van der Waals surface area contributed by atoms with Crippen molar-refractivity contribution < 1.29 is 19.1 Å². The van der Waals surface area contributed by atoms with E-state index >= 15 is 0 Å². The van der Waals surface area contributed by atoms with Crippen LogP contribution in [0.25, 0.3) is 0 Å². The van der Waals surface area contributed by atoms with Crippen LogP contribution in [0, 0.1) is 11.3 Å². The van der Waals surface area contributed by atoms with Gasteiger partial charge in [0.15, 0.2) is 0 Å². The van der Waals surface area contributed by atoms with E-state index in [2.05, 4.69) is 13.8 Å². The van der Waals surface area contributed by atoms with Gasteiger partial charge in [0.25, 0.3) is 0 Å². The van der Waals surface area contributed by atoms with Crippen LogP contribution in [-0.2, 0) is 19.1 Å². The van der Waals surface area contributed by atoms with Crippen molar-refractivity contribution in [2.24, 2.45) is 11.3 Å². The second-order valence-electron chi connectivity index (χ2n) is 5.53. The van der Waals surface area contributed by atoms with Crippen LogP contribution in [0.2, 0.25) is 0 Å². The van der Waals surface area contributed by atoms with Crippen molar-refractivity contribution in [3.8, 4) is 0 Å². The smallest absolute Gasteiger partial charge is 0.320 e. The van der Waals surface area contributed by atoms with Crippen LogP contribution >= 0.6 is 0 Å². The fourth-order valence-electron chi connectivity index (χ4n) is 2.37. The third kappa shape index (κ3) is 2.54. The summed E-state index contributed by atoms with van der Waals surface area (Å²) in [5.41, 5.74) is 0.360. The molecule has 0 atom stereocenters. The van der Waals surface area contributed by atoms with E-state index in [0.717, 1.165) is 25.7 Å². The molecule has 0 N–H and O–H groups in total. The van der Waals surface area contributed by atoms with Crippen LogP contribution in [-0.4, -0.2) is 18.2 Å². The summed E-state index contributed by atoms with van der Waals surface area (Å²) in [6.07, 6.45) is 3.21. The maximum atomic E-state index is 11.1. The predicted octanol–water partition coefficient (Wildman–Crippen LogP) is 2.02. The normalized spacial score (nSPS) is 27.4. The number of rotatable bonds is 1. The molecule has 2 aliphatic rings. The highest BCUT2D eigenvalue weighted by Gasteiger charge is 2.38. The number of carbonyl (C=O) groups is 2. The van der Waals surface area contributed by atoms with E-state index in [1.54, 1.807) is 0 Å². The first-order valence-electron chi connectivity index (χ1n) is 5.85. The largest absolute Gasteiger partial charge is 0.424 e. The van der Waals surface area contributed by atoms with Gasteiger partial charge in [0.2, 0.25) is 6.29 Å². The third-order valence-corrected chi connectivity index (χ3v) is 3.55. The molecule has 0 unspecified atom stereocenters. The van der Waals surface area contributed by atoms with Crippen LogP contribution in [0.4, 0.5) is 0 Å². The lowest BCUT2D eigenvalue weighted by molar-refractivity contribution is -0.216. The number of hydrogen-bond acceptors (Lipinski definition) is 4. The zero-order valence-corrected chi connectivity index (χ0v) is 9.82. The van der Waals surface area contributed by atoms with Crippen LogP contribution in [0.1, 0.15) is 46.0 Å². The number of hydrogen-bond donors (Lipinski definition) is 0. The van der Waals surface area contributed by atoms with Crippen LogP contribution in [0.3, 0.4) is 0 Å². The average Bonchev–Trinajstić information content (AvgIpc) is 2.15. The van der Waals surface area contributed by atoms with Crippen molar-refractivity contribution in [2.75, 3.05) is 0 Å². The SMILES string of the molecule is CC1(C)CCC(C2OC(=O)CC(=O)O2)CC1. The summed E-state index contributed by atoms with van der Waals surface area (Å²) in [5, 5.41) is 0. The molecule has 2 rings (SSSR count). The molecule has 0 amide bonds. The Balaban J connectivity index is 1.93. The molecular weight excluding hydrogens is 208 g/mol. The van der Waals surface area contributed by atoms with Crippen molar-refractivity contribution in [2.45, 2.75) is 52.2 Å². The molecule has 1 aliphatic carbocycles. The highest BCUT2D eigenvalue weighted by atomic mass is 16.7. The van der Waals surface area contributed by atoms with Gasteiger partial charge in [-0.25, -0.2) is 0 Å². The molecule has 1 saturated heterocycles. The maximum Gasteiger partial charge on any atom is 0.320 e. The number of ether oxygens (including phenoxy) is 2. The lowest BCUT2D eigenvalue weighted by atomic mass is 9.73. The van der Waals surface area contributed by atoms with Gasteiger partial charge in [0, 0.05) is 5.92 Å². The highest BCUT2D eigenvalue weighted by Crippen LogP contribution is 2.40. The molecule has 1 saturated carbocycles. The molecule has 90 valence electrons. The maximum absolute atomic E-state index is 11.1. The Morgan fingerprint density at radius 3 is 2.06 bits per heavy atom. The monoisotopic (exact) mass is 226 g/mol. The van der Waals surface area contributed by atoms with E-state index < -0.39 is 18.2 Å². The van der Waals surface area contributed by atoms with Gasteiger partial charge >= 0.3 is 11.9 Å². The summed E-state index contributed by atoms with van der Waals surface area (Å²) in [6.45, 7) is 4.48. The second kappa shape index (κ2) is 4.07. The summed E-state index contributed by atoms with van der Waals surface area (Å²) in [5.74, 6) is -0.724. The molecule has 0 aromatic heterocycles. The molecule has 0 spiro atoms. The summed E-state index contributed by atoms with van der Waals surface area (Å²) >= 11 is 0. The molecule has 2 fully saturated rings. The van der Waals surface area contributed by atoms with Gasteiger partial charge in [0.1, 0.15) is 6.42 Å². The quantitative estimate of drug-likeness (QED) is 0.507. The summed E-state index contributed by atoms with van der Waals surface area (Å²) < 4.78 is 10.2. The van der Waals surface area contributed by atoms with Crippen molar-refractivity contribution in [3.05, 3.63) is 0 Å². The molecule has 16 heavy (non-hydrogen) atoms. The van der Waals surface area contributed by atoms with E-state index in [0.29, 0.717) is 5.41 Å². The zero-order chi connectivity index (χ0) is 11.8. The summed E-state index contributed by atoms with van der Waals surface area (Å²) in [7, 11) is 0. The molecule has 1 heterocycles. The Labute approximate surface area is 95.3 Å². The molecule has 0 bridgehead atoms. The van der Waals surface area contributed by atoms with Crippen LogP contribution in [0.5, 0.6) is 0 Å². The molecule has 4 heteroatoms. The van der Waals surface area contributed by atoms with Crippen molar-refractivity contribution in [3.63, 3.8) is 0 Å². The Bertz CT molecular complexity index is 282. The summed E-state index contributed by atoms with van der Waals surface area (Å²) in [6, 6.07) is 0. The minimum Gasteiger partial charge on any atom is -0.424 e. The minimum absolute atomic E-state index is 0.182. The lowest BCUT2D eigenvalue weighted by Gasteiger charge is -2.37. The van der Waals surface area contributed by atoms with Crippen molar-refractivity contribution >= 4 is 11.9 Å². The second-order valence-corrected chi connectivity index (χ2v) is 5.53. The Kier molecular flexibility index (Phi) is 2.91. The first kappa shape index (κ1) is 11.4. The Morgan fingerprint density at radius 2 is 1.56 bits per heavy atom. The molecular formula is C12H18O4. The number of carbonyl (C=O) groups excluding carboxylic acids is 2. The first-order valence-corrected chi connectivity index (χ1v) is 5.85.